The van der Waals surface area contributed by atoms with Crippen LogP contribution in [0.5, 0.6) is 0 Å². The summed E-state index contributed by atoms with van der Waals surface area (Å²) in [6.45, 7) is 12.3. The van der Waals surface area contributed by atoms with E-state index in [-0.39, 0.29) is 24.9 Å². The molecule has 3 amide bonds. The minimum Gasteiger partial charge on any atom is -0.444 e. The van der Waals surface area contributed by atoms with E-state index in [4.69, 9.17) is 14.2 Å². The number of hydrogen-bond donors (Lipinski definition) is 3. The SMILES string of the molecule is CCCCCCCCCCCCCCOCC(CNC(=O)CNC(=O)CNC(=O)OC(C)(C)C)COCCCCCCCCCCCCCC. The molecule has 0 aliphatic heterocycles. The first-order chi connectivity index (χ1) is 24.2. The van der Waals surface area contributed by atoms with Crippen LogP contribution in [0.4, 0.5) is 4.79 Å². The lowest BCUT2D eigenvalue weighted by molar-refractivity contribution is -0.125. The molecule has 0 saturated heterocycles. The van der Waals surface area contributed by atoms with Gasteiger partial charge in [0.05, 0.1) is 19.8 Å². The van der Waals surface area contributed by atoms with Gasteiger partial charge < -0.3 is 30.2 Å². The molecule has 0 fully saturated rings. The lowest BCUT2D eigenvalue weighted by atomic mass is 10.1. The Hall–Kier alpha value is -1.87. The largest absolute Gasteiger partial charge is 0.444 e. The summed E-state index contributed by atoms with van der Waals surface area (Å²) in [5, 5.41) is 7.84. The number of alkyl carbamates (subject to hydrolysis) is 1. The Balaban J connectivity index is 4.25. The van der Waals surface area contributed by atoms with Gasteiger partial charge in [0.25, 0.3) is 0 Å². The van der Waals surface area contributed by atoms with Gasteiger partial charge in [0.2, 0.25) is 11.8 Å². The highest BCUT2D eigenvalue weighted by molar-refractivity contribution is 5.87. The van der Waals surface area contributed by atoms with Gasteiger partial charge in [-0.05, 0) is 33.6 Å². The van der Waals surface area contributed by atoms with Crippen LogP contribution in [0, 0.1) is 5.92 Å². The normalized spacial score (nSPS) is 11.6. The van der Waals surface area contributed by atoms with Crippen molar-refractivity contribution in [2.45, 2.75) is 194 Å². The molecule has 50 heavy (non-hydrogen) atoms. The molecule has 0 saturated carbocycles. The molecule has 0 aromatic heterocycles. The van der Waals surface area contributed by atoms with Crippen molar-refractivity contribution >= 4 is 17.9 Å². The third kappa shape index (κ3) is 37.4. The Morgan fingerprint density at radius 1 is 0.480 bits per heavy atom. The van der Waals surface area contributed by atoms with Crippen molar-refractivity contribution in [1.29, 1.82) is 0 Å². The number of carbonyl (C=O) groups is 3. The molecule has 0 rings (SSSR count). The van der Waals surface area contributed by atoms with E-state index >= 15 is 0 Å². The van der Waals surface area contributed by atoms with Gasteiger partial charge in [-0.1, -0.05) is 155 Å². The van der Waals surface area contributed by atoms with Crippen LogP contribution < -0.4 is 16.0 Å². The number of carbonyl (C=O) groups excluding carboxylic acids is 3. The van der Waals surface area contributed by atoms with Crippen LogP contribution in [-0.4, -0.2) is 69.6 Å². The number of nitrogens with one attached hydrogen (secondary N) is 3. The summed E-state index contributed by atoms with van der Waals surface area (Å²) in [7, 11) is 0. The van der Waals surface area contributed by atoms with E-state index in [1.807, 2.05) is 0 Å². The molecule has 0 aromatic rings. The molecule has 296 valence electrons. The summed E-state index contributed by atoms with van der Waals surface area (Å²) in [6.07, 6.45) is 30.9. The van der Waals surface area contributed by atoms with Crippen molar-refractivity contribution in [3.8, 4) is 0 Å². The molecule has 0 radical (unpaired) electrons. The summed E-state index contributed by atoms with van der Waals surface area (Å²) in [5.41, 5.74) is -0.649. The van der Waals surface area contributed by atoms with Crippen LogP contribution in [-0.2, 0) is 23.8 Å². The predicted molar refractivity (Wildman–Crippen MR) is 208 cm³/mol. The Labute approximate surface area is 308 Å². The van der Waals surface area contributed by atoms with Gasteiger partial charge in [-0.2, -0.15) is 0 Å². The molecule has 0 heterocycles. The van der Waals surface area contributed by atoms with Gasteiger partial charge in [0.15, 0.2) is 0 Å². The monoisotopic (exact) mass is 712 g/mol. The Morgan fingerprint density at radius 2 is 0.820 bits per heavy atom. The van der Waals surface area contributed by atoms with Crippen molar-refractivity contribution < 1.29 is 28.6 Å². The summed E-state index contributed by atoms with van der Waals surface area (Å²) in [5.74, 6) is -0.709. The van der Waals surface area contributed by atoms with Gasteiger partial charge >= 0.3 is 6.09 Å². The van der Waals surface area contributed by atoms with Crippen LogP contribution in [0.2, 0.25) is 0 Å². The number of hydrogen-bond acceptors (Lipinski definition) is 6. The lowest BCUT2D eigenvalue weighted by Gasteiger charge is -2.19. The van der Waals surface area contributed by atoms with Crippen molar-refractivity contribution in [2.24, 2.45) is 5.92 Å². The molecule has 0 spiro atoms. The zero-order chi connectivity index (χ0) is 37.0. The second-order valence-electron chi connectivity index (χ2n) is 15.2. The standard InChI is InChI=1S/C41H81N3O6/c1-6-8-10-12-14-16-18-20-22-24-26-28-30-48-35-37(36-49-31-29-27-25-23-21-19-17-15-13-11-9-7-2)32-42-38(45)33-43-39(46)34-44-40(47)50-41(3,4)5/h37H,6-36H2,1-5H3,(H,42,45)(H,43,46)(H,44,47). The van der Waals surface area contributed by atoms with E-state index in [0.29, 0.717) is 19.8 Å². The van der Waals surface area contributed by atoms with Crippen molar-refractivity contribution in [1.82, 2.24) is 16.0 Å². The first-order valence-electron chi connectivity index (χ1n) is 20.8. The molecular weight excluding hydrogens is 630 g/mol. The lowest BCUT2D eigenvalue weighted by Crippen LogP contribution is -2.44. The maximum atomic E-state index is 12.5. The minimum absolute atomic E-state index is 0.0399. The Kier molecular flexibility index (Phi) is 34.2. The fourth-order valence-corrected chi connectivity index (χ4v) is 5.78. The first-order valence-corrected chi connectivity index (χ1v) is 20.8. The third-order valence-electron chi connectivity index (χ3n) is 8.82. The molecule has 0 aromatic carbocycles. The van der Waals surface area contributed by atoms with E-state index in [0.717, 1.165) is 26.1 Å². The van der Waals surface area contributed by atoms with Gasteiger partial charge in [0.1, 0.15) is 12.1 Å². The second kappa shape index (κ2) is 35.5. The summed E-state index contributed by atoms with van der Waals surface area (Å²) in [6, 6.07) is 0. The summed E-state index contributed by atoms with van der Waals surface area (Å²) in [4.78, 5) is 36.3. The molecular formula is C41H81N3O6. The molecule has 0 unspecified atom stereocenters. The molecule has 9 nitrogen and oxygen atoms in total. The first kappa shape index (κ1) is 48.1. The maximum absolute atomic E-state index is 12.5. The number of ether oxygens (including phenoxy) is 3. The van der Waals surface area contributed by atoms with Crippen LogP contribution in [0.15, 0.2) is 0 Å². The summed E-state index contributed by atoms with van der Waals surface area (Å²) < 4.78 is 17.2. The van der Waals surface area contributed by atoms with Crippen LogP contribution in [0.25, 0.3) is 0 Å². The van der Waals surface area contributed by atoms with E-state index in [1.54, 1.807) is 20.8 Å². The number of unbranched alkanes of at least 4 members (excludes halogenated alkanes) is 22. The fraction of sp³-hybridized carbons (Fsp3) is 0.927. The highest BCUT2D eigenvalue weighted by Crippen LogP contribution is 2.14. The van der Waals surface area contributed by atoms with Crippen molar-refractivity contribution in [2.75, 3.05) is 46.1 Å². The zero-order valence-corrected chi connectivity index (χ0v) is 33.4. The average molecular weight is 712 g/mol. The minimum atomic E-state index is -0.674. The average Bonchev–Trinajstić information content (AvgIpc) is 3.07. The Bertz CT molecular complexity index is 757. The van der Waals surface area contributed by atoms with Crippen LogP contribution in [0.3, 0.4) is 0 Å². The van der Waals surface area contributed by atoms with Crippen LogP contribution >= 0.6 is 0 Å². The molecule has 0 atom stereocenters. The number of amides is 3. The van der Waals surface area contributed by atoms with Crippen molar-refractivity contribution in [3.63, 3.8) is 0 Å². The van der Waals surface area contributed by atoms with E-state index < -0.39 is 17.6 Å². The number of rotatable bonds is 36. The molecule has 0 aliphatic rings. The topological polar surface area (TPSA) is 115 Å². The van der Waals surface area contributed by atoms with Gasteiger partial charge in [0, 0.05) is 25.7 Å². The van der Waals surface area contributed by atoms with E-state index in [1.165, 1.54) is 141 Å². The molecule has 0 aliphatic carbocycles. The molecule has 0 bridgehead atoms. The van der Waals surface area contributed by atoms with Crippen molar-refractivity contribution in [3.05, 3.63) is 0 Å². The molecule has 3 N–H and O–H groups in total. The quantitative estimate of drug-likeness (QED) is 0.0558. The smallest absolute Gasteiger partial charge is 0.408 e. The third-order valence-corrected chi connectivity index (χ3v) is 8.82. The van der Waals surface area contributed by atoms with Gasteiger partial charge in [-0.25, -0.2) is 4.79 Å². The van der Waals surface area contributed by atoms with E-state index in [9.17, 15) is 14.4 Å². The predicted octanol–water partition coefficient (Wildman–Crippen LogP) is 9.80. The zero-order valence-electron chi connectivity index (χ0n) is 33.4. The Morgan fingerprint density at radius 3 is 1.20 bits per heavy atom. The van der Waals surface area contributed by atoms with Gasteiger partial charge in [-0.3, -0.25) is 9.59 Å². The summed E-state index contributed by atoms with van der Waals surface area (Å²) >= 11 is 0. The fourth-order valence-electron chi connectivity index (χ4n) is 5.78. The van der Waals surface area contributed by atoms with E-state index in [2.05, 4.69) is 29.8 Å². The highest BCUT2D eigenvalue weighted by atomic mass is 16.6. The highest BCUT2D eigenvalue weighted by Gasteiger charge is 2.17. The van der Waals surface area contributed by atoms with Crippen LogP contribution in [0.1, 0.15) is 189 Å². The maximum Gasteiger partial charge on any atom is 0.408 e. The van der Waals surface area contributed by atoms with Gasteiger partial charge in [-0.15, -0.1) is 0 Å². The second-order valence-corrected chi connectivity index (χ2v) is 15.2. The molecule has 9 heteroatoms.